The maximum atomic E-state index is 15.0. The van der Waals surface area contributed by atoms with E-state index < -0.39 is 18.1 Å². The van der Waals surface area contributed by atoms with Crippen molar-refractivity contribution in [3.63, 3.8) is 0 Å². The standard InChI is InChI=1S/C22H19F4N5OS/c23-14-3-5-16(6-4-14)30(22(33)31-11-15-8-17(31)9-27-15)10-13-2-1-12(7-18(13)24)20-28-29-21(32-20)19(25)26/h1-7,15,17,19,27H,8-11H2. The van der Waals surface area contributed by atoms with Crippen LogP contribution in [0.4, 0.5) is 23.2 Å². The van der Waals surface area contributed by atoms with Gasteiger partial charge in [-0.2, -0.15) is 8.78 Å². The summed E-state index contributed by atoms with van der Waals surface area (Å²) < 4.78 is 58.9. The van der Waals surface area contributed by atoms with Crippen LogP contribution in [0, 0.1) is 11.6 Å². The lowest BCUT2D eigenvalue weighted by Gasteiger charge is -2.36. The zero-order valence-corrected chi connectivity index (χ0v) is 18.0. The maximum absolute atomic E-state index is 15.0. The van der Waals surface area contributed by atoms with Gasteiger partial charge in [0, 0.05) is 42.0 Å². The average Bonchev–Trinajstić information content (AvgIpc) is 3.56. The van der Waals surface area contributed by atoms with E-state index >= 15 is 4.39 Å². The molecule has 3 aromatic rings. The fourth-order valence-corrected chi connectivity index (χ4v) is 4.65. The number of benzene rings is 2. The van der Waals surface area contributed by atoms with E-state index in [0.29, 0.717) is 22.4 Å². The molecule has 5 rings (SSSR count). The van der Waals surface area contributed by atoms with E-state index in [0.717, 1.165) is 25.6 Å². The van der Waals surface area contributed by atoms with Crippen LogP contribution < -0.4 is 10.2 Å². The van der Waals surface area contributed by atoms with Crippen LogP contribution in [0.15, 0.2) is 46.9 Å². The molecule has 2 aliphatic heterocycles. The predicted octanol–water partition coefficient (Wildman–Crippen LogP) is 4.29. The summed E-state index contributed by atoms with van der Waals surface area (Å²) in [5, 5.41) is 10.8. The monoisotopic (exact) mass is 477 g/mol. The highest BCUT2D eigenvalue weighted by atomic mass is 32.1. The lowest BCUT2D eigenvalue weighted by atomic mass is 10.1. The Bertz CT molecular complexity index is 1170. The average molecular weight is 477 g/mol. The normalized spacial score (nSPS) is 19.5. The Balaban J connectivity index is 1.42. The summed E-state index contributed by atoms with van der Waals surface area (Å²) in [7, 11) is 0. The molecular weight excluding hydrogens is 458 g/mol. The van der Waals surface area contributed by atoms with Gasteiger partial charge >= 0.3 is 6.43 Å². The van der Waals surface area contributed by atoms with E-state index in [1.807, 2.05) is 0 Å². The lowest BCUT2D eigenvalue weighted by Crippen LogP contribution is -2.51. The minimum Gasteiger partial charge on any atom is -0.415 e. The Morgan fingerprint density at radius 3 is 2.58 bits per heavy atom. The number of anilines is 1. The van der Waals surface area contributed by atoms with Crippen molar-refractivity contribution in [2.45, 2.75) is 31.5 Å². The number of hydrogen-bond acceptors (Lipinski definition) is 5. The molecule has 0 spiro atoms. The highest BCUT2D eigenvalue weighted by Gasteiger charge is 2.40. The van der Waals surface area contributed by atoms with Crippen molar-refractivity contribution >= 4 is 23.0 Å². The van der Waals surface area contributed by atoms with Crippen LogP contribution in [0.2, 0.25) is 0 Å². The second-order valence-electron chi connectivity index (χ2n) is 8.04. The van der Waals surface area contributed by atoms with E-state index in [2.05, 4.69) is 20.4 Å². The molecule has 3 heterocycles. The molecule has 2 aliphatic rings. The quantitative estimate of drug-likeness (QED) is 0.435. The third-order valence-electron chi connectivity index (χ3n) is 5.93. The summed E-state index contributed by atoms with van der Waals surface area (Å²) >= 11 is 5.79. The summed E-state index contributed by atoms with van der Waals surface area (Å²) in [6.07, 6.45) is -1.91. The third kappa shape index (κ3) is 4.30. The van der Waals surface area contributed by atoms with E-state index in [4.69, 9.17) is 16.6 Å². The van der Waals surface area contributed by atoms with Crippen molar-refractivity contribution in [3.05, 3.63) is 65.6 Å². The van der Waals surface area contributed by atoms with Gasteiger partial charge in [0.05, 0.1) is 6.54 Å². The topological polar surface area (TPSA) is 57.4 Å². The van der Waals surface area contributed by atoms with Gasteiger partial charge in [0.25, 0.3) is 5.89 Å². The number of hydrogen-bond donors (Lipinski definition) is 1. The Kier molecular flexibility index (Phi) is 5.75. The van der Waals surface area contributed by atoms with Crippen molar-refractivity contribution in [1.29, 1.82) is 0 Å². The number of fused-ring (bicyclic) bond motifs is 2. The Hall–Kier alpha value is -3.05. The van der Waals surface area contributed by atoms with Crippen LogP contribution in [-0.2, 0) is 6.54 Å². The van der Waals surface area contributed by atoms with Gasteiger partial charge < -0.3 is 19.5 Å². The number of alkyl halides is 2. The minimum absolute atomic E-state index is 0.101. The first kappa shape index (κ1) is 21.8. The van der Waals surface area contributed by atoms with Crippen molar-refractivity contribution in [1.82, 2.24) is 20.4 Å². The first-order chi connectivity index (χ1) is 15.9. The molecule has 172 valence electrons. The van der Waals surface area contributed by atoms with Gasteiger partial charge in [-0.3, -0.25) is 0 Å². The second kappa shape index (κ2) is 8.71. The van der Waals surface area contributed by atoms with Crippen molar-refractivity contribution in [3.8, 4) is 11.5 Å². The van der Waals surface area contributed by atoms with Crippen LogP contribution in [-0.4, -0.2) is 45.4 Å². The number of halogens is 4. The van der Waals surface area contributed by atoms with E-state index in [1.165, 1.54) is 24.3 Å². The molecule has 2 unspecified atom stereocenters. The summed E-state index contributed by atoms with van der Waals surface area (Å²) in [5.74, 6) is -1.98. The highest BCUT2D eigenvalue weighted by Crippen LogP contribution is 2.30. The molecule has 2 fully saturated rings. The van der Waals surface area contributed by atoms with Gasteiger partial charge in [-0.1, -0.05) is 6.07 Å². The van der Waals surface area contributed by atoms with Gasteiger partial charge in [-0.15, -0.1) is 10.2 Å². The van der Waals surface area contributed by atoms with Crippen molar-refractivity contribution in [2.75, 3.05) is 18.0 Å². The smallest absolute Gasteiger partial charge is 0.314 e. The number of piperazine rings is 1. The first-order valence-corrected chi connectivity index (χ1v) is 10.8. The molecule has 2 atom stereocenters. The van der Waals surface area contributed by atoms with Gasteiger partial charge in [-0.25, -0.2) is 8.78 Å². The van der Waals surface area contributed by atoms with E-state index in [-0.39, 0.29) is 29.9 Å². The Morgan fingerprint density at radius 2 is 1.97 bits per heavy atom. The summed E-state index contributed by atoms with van der Waals surface area (Å²) in [4.78, 5) is 3.89. The Morgan fingerprint density at radius 1 is 1.18 bits per heavy atom. The first-order valence-electron chi connectivity index (χ1n) is 10.4. The fraction of sp³-hybridized carbons (Fsp3) is 0.318. The summed E-state index contributed by atoms with van der Waals surface area (Å²) in [6.45, 7) is 1.69. The largest absolute Gasteiger partial charge is 0.415 e. The molecule has 0 saturated carbocycles. The Labute approximate surface area is 192 Å². The zero-order chi connectivity index (χ0) is 23.1. The van der Waals surface area contributed by atoms with Gasteiger partial charge in [0.15, 0.2) is 5.11 Å². The molecule has 0 radical (unpaired) electrons. The second-order valence-corrected chi connectivity index (χ2v) is 8.41. The van der Waals surface area contributed by atoms with Crippen LogP contribution in [0.1, 0.15) is 24.3 Å². The highest BCUT2D eigenvalue weighted by molar-refractivity contribution is 7.80. The molecule has 6 nitrogen and oxygen atoms in total. The van der Waals surface area contributed by atoms with Crippen LogP contribution in [0.25, 0.3) is 11.5 Å². The van der Waals surface area contributed by atoms with Crippen LogP contribution in [0.3, 0.4) is 0 Å². The molecule has 2 saturated heterocycles. The van der Waals surface area contributed by atoms with Gasteiger partial charge in [0.1, 0.15) is 11.6 Å². The van der Waals surface area contributed by atoms with Crippen molar-refractivity contribution in [2.24, 2.45) is 0 Å². The van der Waals surface area contributed by atoms with E-state index in [1.54, 1.807) is 17.0 Å². The number of aromatic nitrogens is 2. The SMILES string of the molecule is Fc1ccc(N(Cc2ccc(-c3nnc(C(F)F)o3)cc2F)C(=S)N2CC3CC2CN3)cc1. The fourth-order valence-electron chi connectivity index (χ4n) is 4.26. The molecular formula is C22H19F4N5OS. The minimum atomic E-state index is -2.91. The molecule has 2 aromatic carbocycles. The molecule has 33 heavy (non-hydrogen) atoms. The number of rotatable bonds is 5. The van der Waals surface area contributed by atoms with Crippen molar-refractivity contribution < 1.29 is 22.0 Å². The van der Waals surface area contributed by atoms with Crippen LogP contribution in [0.5, 0.6) is 0 Å². The summed E-state index contributed by atoms with van der Waals surface area (Å²) in [5.41, 5.74) is 1.15. The molecule has 1 aromatic heterocycles. The van der Waals surface area contributed by atoms with Gasteiger partial charge in [-0.05, 0) is 55.0 Å². The molecule has 11 heteroatoms. The number of likely N-dealkylation sites (tertiary alicyclic amines) is 1. The zero-order valence-electron chi connectivity index (χ0n) is 17.2. The number of thiocarbonyl (C=S) groups is 1. The van der Waals surface area contributed by atoms with Crippen LogP contribution >= 0.6 is 12.2 Å². The predicted molar refractivity (Wildman–Crippen MR) is 117 cm³/mol. The third-order valence-corrected chi connectivity index (χ3v) is 6.38. The molecule has 1 N–H and O–H groups in total. The molecule has 0 aliphatic carbocycles. The number of nitrogens with one attached hydrogen (secondary N) is 1. The molecule has 0 amide bonds. The lowest BCUT2D eigenvalue weighted by molar-refractivity contribution is 0.116. The summed E-state index contributed by atoms with van der Waals surface area (Å²) in [6, 6.07) is 10.7. The van der Waals surface area contributed by atoms with Gasteiger partial charge in [0.2, 0.25) is 5.89 Å². The molecule has 2 bridgehead atoms. The van der Waals surface area contributed by atoms with E-state index in [9.17, 15) is 13.2 Å². The maximum Gasteiger partial charge on any atom is 0.314 e. The number of nitrogens with zero attached hydrogens (tertiary/aromatic N) is 4.